The van der Waals surface area contributed by atoms with E-state index in [1.165, 1.54) is 0 Å². The van der Waals surface area contributed by atoms with Crippen molar-refractivity contribution < 1.29 is 9.53 Å². The highest BCUT2D eigenvalue weighted by molar-refractivity contribution is 5.89. The van der Waals surface area contributed by atoms with Crippen LogP contribution in [-0.4, -0.2) is 41.7 Å². The normalized spacial score (nSPS) is 22.2. The van der Waals surface area contributed by atoms with E-state index in [9.17, 15) is 4.79 Å². The van der Waals surface area contributed by atoms with Crippen LogP contribution in [0.15, 0.2) is 24.5 Å². The van der Waals surface area contributed by atoms with Crippen molar-refractivity contribution in [3.63, 3.8) is 0 Å². The predicted octanol–water partition coefficient (Wildman–Crippen LogP) is 2.11. The smallest absolute Gasteiger partial charge is 0.322 e. The number of nitrogens with one attached hydrogen (secondary N) is 1. The van der Waals surface area contributed by atoms with E-state index in [0.717, 1.165) is 44.7 Å². The Morgan fingerprint density at radius 3 is 3.00 bits per heavy atom. The van der Waals surface area contributed by atoms with Crippen molar-refractivity contribution in [1.29, 1.82) is 0 Å². The summed E-state index contributed by atoms with van der Waals surface area (Å²) in [6.07, 6.45) is 6.66. The number of ether oxygens (including phenoxy) is 1. The van der Waals surface area contributed by atoms with Crippen molar-refractivity contribution in [2.24, 2.45) is 5.92 Å². The van der Waals surface area contributed by atoms with Crippen LogP contribution in [0.1, 0.15) is 19.3 Å². The molecule has 2 amide bonds. The van der Waals surface area contributed by atoms with Crippen LogP contribution in [0.5, 0.6) is 0 Å². The van der Waals surface area contributed by atoms with Crippen LogP contribution in [0.3, 0.4) is 0 Å². The Hall–Kier alpha value is -1.62. The number of carbonyl (C=O) groups excluding carboxylic acids is 1. The highest BCUT2D eigenvalue weighted by Crippen LogP contribution is 2.29. The molecule has 1 aromatic heterocycles. The zero-order chi connectivity index (χ0) is 13.1. The standard InChI is InChI=1S/C14H19N3O2/c18-14(16-12-2-1-6-15-8-12)17(13-3-4-13)9-11-5-7-19-10-11/h1-2,6,8,11,13H,3-5,7,9-10H2,(H,16,18)/t11-/m1/s1. The average Bonchev–Trinajstić information content (AvgIpc) is 3.14. The molecule has 1 aliphatic carbocycles. The number of urea groups is 1. The minimum absolute atomic E-state index is 0.0117. The minimum Gasteiger partial charge on any atom is -0.381 e. The highest BCUT2D eigenvalue weighted by atomic mass is 16.5. The van der Waals surface area contributed by atoms with Gasteiger partial charge in [0.15, 0.2) is 0 Å². The van der Waals surface area contributed by atoms with E-state index in [4.69, 9.17) is 4.74 Å². The molecule has 19 heavy (non-hydrogen) atoms. The maximum atomic E-state index is 12.3. The maximum Gasteiger partial charge on any atom is 0.322 e. The molecule has 2 fully saturated rings. The molecule has 5 heteroatoms. The second-order valence-corrected chi connectivity index (χ2v) is 5.29. The number of carbonyl (C=O) groups is 1. The van der Waals surface area contributed by atoms with Gasteiger partial charge >= 0.3 is 6.03 Å². The van der Waals surface area contributed by atoms with E-state index in [1.807, 2.05) is 17.0 Å². The van der Waals surface area contributed by atoms with E-state index in [2.05, 4.69) is 10.3 Å². The van der Waals surface area contributed by atoms with Crippen molar-refractivity contribution >= 4 is 11.7 Å². The summed E-state index contributed by atoms with van der Waals surface area (Å²) in [7, 11) is 0. The topological polar surface area (TPSA) is 54.5 Å². The number of anilines is 1. The van der Waals surface area contributed by atoms with E-state index in [0.29, 0.717) is 12.0 Å². The Bertz CT molecular complexity index is 428. The van der Waals surface area contributed by atoms with Gasteiger partial charge in [0.1, 0.15) is 0 Å². The van der Waals surface area contributed by atoms with E-state index in [1.54, 1.807) is 12.4 Å². The third kappa shape index (κ3) is 3.23. The van der Waals surface area contributed by atoms with Gasteiger partial charge in [-0.05, 0) is 31.4 Å². The molecule has 0 aromatic carbocycles. The second kappa shape index (κ2) is 5.57. The molecule has 1 atom stereocenters. The van der Waals surface area contributed by atoms with Crippen LogP contribution in [-0.2, 0) is 4.74 Å². The number of rotatable bonds is 4. The number of pyridine rings is 1. The molecular weight excluding hydrogens is 242 g/mol. The predicted molar refractivity (Wildman–Crippen MR) is 71.9 cm³/mol. The first-order valence-electron chi connectivity index (χ1n) is 6.88. The van der Waals surface area contributed by atoms with Gasteiger partial charge in [0.25, 0.3) is 0 Å². The fourth-order valence-electron chi connectivity index (χ4n) is 2.42. The van der Waals surface area contributed by atoms with Crippen molar-refractivity contribution in [1.82, 2.24) is 9.88 Å². The number of amides is 2. The van der Waals surface area contributed by atoms with Crippen LogP contribution in [0.2, 0.25) is 0 Å². The molecule has 1 saturated carbocycles. The first-order chi connectivity index (χ1) is 9.33. The van der Waals surface area contributed by atoms with Gasteiger partial charge in [-0.2, -0.15) is 0 Å². The largest absolute Gasteiger partial charge is 0.381 e. The fraction of sp³-hybridized carbons (Fsp3) is 0.571. The van der Waals surface area contributed by atoms with Gasteiger partial charge in [0, 0.05) is 31.3 Å². The number of hydrogen-bond donors (Lipinski definition) is 1. The first kappa shape index (κ1) is 12.4. The van der Waals surface area contributed by atoms with Gasteiger partial charge in [-0.3, -0.25) is 4.98 Å². The molecule has 2 aliphatic rings. The Kier molecular flexibility index (Phi) is 3.64. The minimum atomic E-state index is -0.0117. The number of nitrogens with zero attached hydrogens (tertiary/aromatic N) is 2. The zero-order valence-corrected chi connectivity index (χ0v) is 10.9. The van der Waals surface area contributed by atoms with Crippen molar-refractivity contribution in [3.8, 4) is 0 Å². The molecule has 2 heterocycles. The lowest BCUT2D eigenvalue weighted by molar-refractivity contribution is 0.167. The van der Waals surface area contributed by atoms with Crippen LogP contribution in [0, 0.1) is 5.92 Å². The van der Waals surface area contributed by atoms with Crippen molar-refractivity contribution in [2.75, 3.05) is 25.1 Å². The molecule has 3 rings (SSSR count). The summed E-state index contributed by atoms with van der Waals surface area (Å²) in [6, 6.07) is 4.08. The van der Waals surface area contributed by atoms with E-state index >= 15 is 0 Å². The van der Waals surface area contributed by atoms with Crippen molar-refractivity contribution in [3.05, 3.63) is 24.5 Å². The summed E-state index contributed by atoms with van der Waals surface area (Å²) in [5.74, 6) is 0.486. The maximum absolute atomic E-state index is 12.3. The quantitative estimate of drug-likeness (QED) is 0.903. The monoisotopic (exact) mass is 261 g/mol. The molecule has 0 radical (unpaired) electrons. The van der Waals surface area contributed by atoms with Gasteiger partial charge in [-0.25, -0.2) is 4.79 Å². The molecule has 5 nitrogen and oxygen atoms in total. The fourth-order valence-corrected chi connectivity index (χ4v) is 2.42. The van der Waals surface area contributed by atoms with Crippen LogP contribution < -0.4 is 5.32 Å². The lowest BCUT2D eigenvalue weighted by Gasteiger charge is -2.25. The average molecular weight is 261 g/mol. The molecule has 102 valence electrons. The third-order valence-electron chi connectivity index (χ3n) is 3.64. The van der Waals surface area contributed by atoms with E-state index in [-0.39, 0.29) is 6.03 Å². The Labute approximate surface area is 113 Å². The van der Waals surface area contributed by atoms with Gasteiger partial charge < -0.3 is 15.0 Å². The van der Waals surface area contributed by atoms with E-state index < -0.39 is 0 Å². The van der Waals surface area contributed by atoms with Gasteiger partial charge in [0.2, 0.25) is 0 Å². The summed E-state index contributed by atoms with van der Waals surface area (Å²) < 4.78 is 5.39. The summed E-state index contributed by atoms with van der Waals surface area (Å²) >= 11 is 0. The lowest BCUT2D eigenvalue weighted by Crippen LogP contribution is -2.40. The molecule has 1 aliphatic heterocycles. The van der Waals surface area contributed by atoms with Crippen LogP contribution in [0.25, 0.3) is 0 Å². The summed E-state index contributed by atoms with van der Waals surface area (Å²) in [5.41, 5.74) is 0.751. The van der Waals surface area contributed by atoms with Crippen LogP contribution >= 0.6 is 0 Å². The third-order valence-corrected chi connectivity index (χ3v) is 3.64. The summed E-state index contributed by atoms with van der Waals surface area (Å²) in [5, 5.41) is 2.92. The van der Waals surface area contributed by atoms with Crippen LogP contribution in [0.4, 0.5) is 10.5 Å². The highest BCUT2D eigenvalue weighted by Gasteiger charge is 2.34. The van der Waals surface area contributed by atoms with Crippen molar-refractivity contribution in [2.45, 2.75) is 25.3 Å². The SMILES string of the molecule is O=C(Nc1cccnc1)N(C[C@H]1CCOC1)C1CC1. The molecule has 1 N–H and O–H groups in total. The first-order valence-corrected chi connectivity index (χ1v) is 6.88. The Morgan fingerprint density at radius 2 is 2.37 bits per heavy atom. The Balaban J connectivity index is 1.61. The zero-order valence-electron chi connectivity index (χ0n) is 10.9. The molecule has 0 bridgehead atoms. The van der Waals surface area contributed by atoms with Gasteiger partial charge in [0.05, 0.1) is 18.5 Å². The van der Waals surface area contributed by atoms with Gasteiger partial charge in [-0.1, -0.05) is 0 Å². The summed E-state index contributed by atoms with van der Waals surface area (Å²) in [4.78, 5) is 18.3. The van der Waals surface area contributed by atoms with Gasteiger partial charge in [-0.15, -0.1) is 0 Å². The number of hydrogen-bond acceptors (Lipinski definition) is 3. The Morgan fingerprint density at radius 1 is 1.47 bits per heavy atom. The summed E-state index contributed by atoms with van der Waals surface area (Å²) in [6.45, 7) is 2.41. The molecular formula is C14H19N3O2. The number of aromatic nitrogens is 1. The molecule has 1 saturated heterocycles. The second-order valence-electron chi connectivity index (χ2n) is 5.29. The molecule has 1 aromatic rings. The molecule has 0 unspecified atom stereocenters. The molecule has 0 spiro atoms. The lowest BCUT2D eigenvalue weighted by atomic mass is 10.1.